The molecule has 0 bridgehead atoms. The van der Waals surface area contributed by atoms with Crippen LogP contribution in [-0.2, 0) is 19.9 Å². The molecule has 1 heterocycles. The Bertz CT molecular complexity index is 1480. The Labute approximate surface area is 216 Å². The van der Waals surface area contributed by atoms with Gasteiger partial charge in [-0.3, -0.25) is 10.1 Å². The van der Waals surface area contributed by atoms with Crippen molar-refractivity contribution in [2.24, 2.45) is 0 Å². The third-order valence-corrected chi connectivity index (χ3v) is 6.45. The van der Waals surface area contributed by atoms with E-state index >= 15 is 0 Å². The van der Waals surface area contributed by atoms with E-state index in [1.807, 2.05) is 0 Å². The van der Waals surface area contributed by atoms with Crippen LogP contribution in [0.15, 0.2) is 60.2 Å². The molecule has 1 unspecified atom stereocenters. The molecule has 196 valence electrons. The van der Waals surface area contributed by atoms with E-state index in [0.29, 0.717) is 33.9 Å². The van der Waals surface area contributed by atoms with Gasteiger partial charge in [0.2, 0.25) is 6.79 Å². The fourth-order valence-corrected chi connectivity index (χ4v) is 4.77. The Hall–Kier alpha value is -4.61. The van der Waals surface area contributed by atoms with E-state index < -0.39 is 16.5 Å². The average Bonchev–Trinajstić information content (AvgIpc) is 3.51. The van der Waals surface area contributed by atoms with Crippen LogP contribution in [0.3, 0.4) is 0 Å². The van der Waals surface area contributed by atoms with Crippen molar-refractivity contribution < 1.29 is 43.2 Å². The number of fused-ring (bicyclic) bond motifs is 2. The number of carbonyl (C=O) groups excluding carboxylic acids is 1. The predicted molar refractivity (Wildman–Crippen MR) is 132 cm³/mol. The zero-order valence-corrected chi connectivity index (χ0v) is 20.7. The first-order valence-corrected chi connectivity index (χ1v) is 11.4. The molecule has 0 spiro atoms. The van der Waals surface area contributed by atoms with Crippen LogP contribution in [0.4, 0.5) is 5.69 Å². The van der Waals surface area contributed by atoms with E-state index in [9.17, 15) is 20.0 Å². The lowest BCUT2D eigenvalue weighted by molar-refractivity contribution is -0.385. The molecule has 3 aromatic rings. The Morgan fingerprint density at radius 3 is 2.53 bits per heavy atom. The van der Waals surface area contributed by atoms with Gasteiger partial charge in [0, 0.05) is 42.0 Å². The number of nitro benzene ring substituents is 1. The molecule has 1 N–H and O–H groups in total. The molecular weight excluding hydrogens is 498 g/mol. The normalized spacial score (nSPS) is 17.3. The first-order valence-electron chi connectivity index (χ1n) is 11.4. The molecule has 0 fully saturated rings. The largest absolute Gasteiger partial charge is 0.497 e. The second-order valence-electron chi connectivity index (χ2n) is 8.42. The fraction of sp³-hybridized carbons (Fsp3) is 0.222. The first kappa shape index (κ1) is 25.1. The highest BCUT2D eigenvalue weighted by Crippen LogP contribution is 2.55. The molecule has 1 aliphatic carbocycles. The zero-order valence-electron chi connectivity index (χ0n) is 20.7. The molecule has 0 aromatic heterocycles. The van der Waals surface area contributed by atoms with Gasteiger partial charge in [-0.2, -0.15) is 0 Å². The van der Waals surface area contributed by atoms with Crippen molar-refractivity contribution in [1.82, 2.24) is 0 Å². The van der Waals surface area contributed by atoms with Gasteiger partial charge in [-0.25, -0.2) is 4.79 Å². The molecule has 3 aromatic carbocycles. The number of aliphatic hydroxyl groups is 1. The van der Waals surface area contributed by atoms with E-state index in [1.165, 1.54) is 51.7 Å². The lowest BCUT2D eigenvalue weighted by Crippen LogP contribution is -2.33. The number of hydrogen-bond donors (Lipinski definition) is 1. The highest BCUT2D eigenvalue weighted by atomic mass is 16.7. The molecule has 0 saturated heterocycles. The predicted octanol–water partition coefficient (Wildman–Crippen LogP) is 3.54. The summed E-state index contributed by atoms with van der Waals surface area (Å²) in [5, 5.41) is 24.3. The van der Waals surface area contributed by atoms with Crippen LogP contribution in [0.2, 0.25) is 0 Å². The number of methoxy groups -OCH3 is 3. The maximum absolute atomic E-state index is 13.4. The second kappa shape index (κ2) is 9.69. The Morgan fingerprint density at radius 1 is 1.03 bits per heavy atom. The second-order valence-corrected chi connectivity index (χ2v) is 8.42. The summed E-state index contributed by atoms with van der Waals surface area (Å²) in [5.74, 6) is 0.690. The molecule has 0 saturated carbocycles. The standard InChI is InChI=1S/C27H23NO10/c1-33-13-36-22-12-17(34-2)6-8-19(22)27(30)20-11-16(28(31)32)5-7-18(20)24(25(27)26(29)35-3)15-4-9-21-23(10-15)38-14-37-21/h4-12,30H,13-14H2,1-3H3. The minimum absolute atomic E-state index is 0.0421. The molecule has 38 heavy (non-hydrogen) atoms. The molecule has 0 amide bonds. The Kier molecular flexibility index (Phi) is 6.39. The van der Waals surface area contributed by atoms with Crippen molar-refractivity contribution in [3.05, 3.63) is 92.5 Å². The molecular formula is C27H23NO10. The summed E-state index contributed by atoms with van der Waals surface area (Å²) in [5.41, 5.74) is -1.18. The number of benzene rings is 3. The maximum atomic E-state index is 13.4. The lowest BCUT2D eigenvalue weighted by Gasteiger charge is -2.29. The van der Waals surface area contributed by atoms with E-state index in [-0.39, 0.29) is 41.7 Å². The number of esters is 1. The van der Waals surface area contributed by atoms with Crippen LogP contribution < -0.4 is 18.9 Å². The monoisotopic (exact) mass is 521 g/mol. The van der Waals surface area contributed by atoms with Gasteiger partial charge in [-0.05, 0) is 41.5 Å². The topological polar surface area (TPSA) is 136 Å². The van der Waals surface area contributed by atoms with E-state index in [1.54, 1.807) is 24.3 Å². The molecule has 11 heteroatoms. The van der Waals surface area contributed by atoms with Crippen LogP contribution in [0.25, 0.3) is 5.57 Å². The average molecular weight is 521 g/mol. The summed E-state index contributed by atoms with van der Waals surface area (Å²) in [7, 11) is 4.09. The minimum Gasteiger partial charge on any atom is -0.497 e. The third kappa shape index (κ3) is 3.88. The van der Waals surface area contributed by atoms with Crippen molar-refractivity contribution in [1.29, 1.82) is 0 Å². The van der Waals surface area contributed by atoms with E-state index in [2.05, 4.69) is 0 Å². The van der Waals surface area contributed by atoms with Crippen LogP contribution in [0.1, 0.15) is 22.3 Å². The number of nitrogens with zero attached hydrogens (tertiary/aromatic N) is 1. The molecule has 5 rings (SSSR count). The summed E-state index contributed by atoms with van der Waals surface area (Å²) in [6.45, 7) is -0.134. The summed E-state index contributed by atoms with van der Waals surface area (Å²) >= 11 is 0. The summed E-state index contributed by atoms with van der Waals surface area (Å²) in [6, 6.07) is 13.7. The third-order valence-electron chi connectivity index (χ3n) is 6.45. The lowest BCUT2D eigenvalue weighted by atomic mass is 9.82. The van der Waals surface area contributed by atoms with Gasteiger partial charge in [0.1, 0.15) is 11.5 Å². The first-order chi connectivity index (χ1) is 18.3. The van der Waals surface area contributed by atoms with Crippen molar-refractivity contribution in [3.8, 4) is 23.0 Å². The summed E-state index contributed by atoms with van der Waals surface area (Å²) < 4.78 is 32.2. The van der Waals surface area contributed by atoms with Crippen LogP contribution in [0, 0.1) is 10.1 Å². The zero-order chi connectivity index (χ0) is 27.0. The summed E-state index contributed by atoms with van der Waals surface area (Å²) in [6.07, 6.45) is 0. The Morgan fingerprint density at radius 2 is 1.82 bits per heavy atom. The molecule has 11 nitrogen and oxygen atoms in total. The van der Waals surface area contributed by atoms with Gasteiger partial charge < -0.3 is 33.5 Å². The highest BCUT2D eigenvalue weighted by Gasteiger charge is 2.51. The van der Waals surface area contributed by atoms with Crippen LogP contribution >= 0.6 is 0 Å². The molecule has 1 aliphatic heterocycles. The molecule has 2 aliphatic rings. The van der Waals surface area contributed by atoms with Gasteiger partial charge in [0.25, 0.3) is 5.69 Å². The maximum Gasteiger partial charge on any atom is 0.338 e. The highest BCUT2D eigenvalue weighted by molar-refractivity contribution is 6.08. The van der Waals surface area contributed by atoms with Gasteiger partial charge in [-0.1, -0.05) is 6.07 Å². The van der Waals surface area contributed by atoms with Gasteiger partial charge in [0.05, 0.1) is 24.7 Å². The fourth-order valence-electron chi connectivity index (χ4n) is 4.77. The number of nitro groups is 1. The molecule has 1 atom stereocenters. The number of rotatable bonds is 8. The van der Waals surface area contributed by atoms with Gasteiger partial charge in [-0.15, -0.1) is 0 Å². The van der Waals surface area contributed by atoms with Crippen molar-refractivity contribution in [3.63, 3.8) is 0 Å². The van der Waals surface area contributed by atoms with E-state index in [4.69, 9.17) is 28.4 Å². The number of ether oxygens (including phenoxy) is 6. The van der Waals surface area contributed by atoms with Crippen molar-refractivity contribution >= 4 is 17.2 Å². The van der Waals surface area contributed by atoms with E-state index in [0.717, 1.165) is 0 Å². The van der Waals surface area contributed by atoms with Crippen molar-refractivity contribution in [2.75, 3.05) is 34.9 Å². The SMILES string of the molecule is COCOc1cc(OC)ccc1C1(O)C(C(=O)OC)=C(c2ccc3c(c2)OCO3)c2ccc([N+](=O)[O-])cc21. The smallest absolute Gasteiger partial charge is 0.338 e. The van der Waals surface area contributed by atoms with Crippen LogP contribution in [0.5, 0.6) is 23.0 Å². The number of non-ortho nitro benzene ring substituents is 1. The van der Waals surface area contributed by atoms with Gasteiger partial charge >= 0.3 is 5.97 Å². The quantitative estimate of drug-likeness (QED) is 0.203. The van der Waals surface area contributed by atoms with Crippen LogP contribution in [-0.4, -0.2) is 50.9 Å². The number of carbonyl (C=O) groups is 1. The summed E-state index contributed by atoms with van der Waals surface area (Å²) in [4.78, 5) is 24.6. The van der Waals surface area contributed by atoms with Crippen molar-refractivity contribution in [2.45, 2.75) is 5.60 Å². The Balaban J connectivity index is 1.86. The number of hydrogen-bond acceptors (Lipinski definition) is 10. The van der Waals surface area contributed by atoms with Gasteiger partial charge in [0.15, 0.2) is 23.9 Å². The minimum atomic E-state index is -2.21. The molecule has 0 radical (unpaired) electrons.